The minimum absolute atomic E-state index is 0.0531. The number of rotatable bonds is 8. The number of nitrogens with one attached hydrogen (secondary N) is 2. The summed E-state index contributed by atoms with van der Waals surface area (Å²) in [6.07, 6.45) is 2.87. The Kier molecular flexibility index (Phi) is 8.30. The van der Waals surface area contributed by atoms with Gasteiger partial charge in [-0.05, 0) is 63.2 Å². The number of pyridine rings is 1. The predicted octanol–water partition coefficient (Wildman–Crippen LogP) is 3.28. The minimum Gasteiger partial charge on any atom is -0.497 e. The average Bonchev–Trinajstić information content (AvgIpc) is 2.80. The number of carbonyl (C=O) groups is 2. The summed E-state index contributed by atoms with van der Waals surface area (Å²) < 4.78 is 10.7. The van der Waals surface area contributed by atoms with Crippen LogP contribution in [0.2, 0.25) is 5.02 Å². The van der Waals surface area contributed by atoms with E-state index in [1.807, 2.05) is 25.1 Å². The molecule has 1 atom stereocenters. The van der Waals surface area contributed by atoms with Gasteiger partial charge in [0, 0.05) is 17.7 Å². The molecule has 0 bridgehead atoms. The lowest BCUT2D eigenvalue weighted by Crippen LogP contribution is -2.43. The first-order valence-corrected chi connectivity index (χ1v) is 10.9. The van der Waals surface area contributed by atoms with Crippen molar-refractivity contribution in [2.45, 2.75) is 25.8 Å². The molecule has 2 aromatic rings. The molecule has 32 heavy (non-hydrogen) atoms. The number of methoxy groups -OCH3 is 2. The summed E-state index contributed by atoms with van der Waals surface area (Å²) in [5, 5.41) is 6.38. The molecule has 9 heteroatoms. The summed E-state index contributed by atoms with van der Waals surface area (Å²) in [6.45, 7) is 3.55. The lowest BCUT2D eigenvalue weighted by atomic mass is 9.96. The van der Waals surface area contributed by atoms with Crippen molar-refractivity contribution in [3.8, 4) is 11.5 Å². The number of ether oxygens (including phenoxy) is 2. The summed E-state index contributed by atoms with van der Waals surface area (Å²) in [5.74, 6) is 1.66. The lowest BCUT2D eigenvalue weighted by molar-refractivity contribution is -0.124. The number of carbonyl (C=O) groups excluding carboxylic acids is 2. The van der Waals surface area contributed by atoms with Gasteiger partial charge in [-0.2, -0.15) is 0 Å². The first kappa shape index (κ1) is 23.8. The largest absolute Gasteiger partial charge is 0.497 e. The molecule has 1 aromatic heterocycles. The Bertz CT molecular complexity index is 930. The third-order valence-corrected chi connectivity index (χ3v) is 5.81. The monoisotopic (exact) mass is 460 g/mol. The number of piperidine rings is 1. The minimum atomic E-state index is -0.234. The van der Waals surface area contributed by atoms with Crippen molar-refractivity contribution in [1.29, 1.82) is 0 Å². The van der Waals surface area contributed by atoms with E-state index in [2.05, 4.69) is 20.5 Å². The molecule has 1 saturated heterocycles. The summed E-state index contributed by atoms with van der Waals surface area (Å²) in [4.78, 5) is 31.3. The van der Waals surface area contributed by atoms with Crippen molar-refractivity contribution in [1.82, 2.24) is 15.2 Å². The lowest BCUT2D eigenvalue weighted by Gasteiger charge is -2.31. The Labute approximate surface area is 193 Å². The van der Waals surface area contributed by atoms with Crippen molar-refractivity contribution < 1.29 is 19.1 Å². The fourth-order valence-electron chi connectivity index (χ4n) is 3.78. The fourth-order valence-corrected chi connectivity index (χ4v) is 3.89. The van der Waals surface area contributed by atoms with Gasteiger partial charge in [-0.25, -0.2) is 4.98 Å². The molecule has 1 unspecified atom stereocenters. The Balaban J connectivity index is 1.47. The van der Waals surface area contributed by atoms with E-state index in [9.17, 15) is 9.59 Å². The quantitative estimate of drug-likeness (QED) is 0.628. The highest BCUT2D eigenvalue weighted by atomic mass is 35.5. The number of aromatic nitrogens is 1. The highest BCUT2D eigenvalue weighted by Crippen LogP contribution is 2.29. The van der Waals surface area contributed by atoms with Gasteiger partial charge in [0.25, 0.3) is 0 Å². The van der Waals surface area contributed by atoms with Crippen LogP contribution in [0.4, 0.5) is 5.82 Å². The van der Waals surface area contributed by atoms with Gasteiger partial charge >= 0.3 is 0 Å². The van der Waals surface area contributed by atoms with Crippen LogP contribution in [-0.2, 0) is 9.59 Å². The maximum Gasteiger partial charge on any atom is 0.234 e. The van der Waals surface area contributed by atoms with Gasteiger partial charge in [-0.1, -0.05) is 11.6 Å². The third kappa shape index (κ3) is 6.34. The molecule has 1 fully saturated rings. The van der Waals surface area contributed by atoms with E-state index >= 15 is 0 Å². The second-order valence-electron chi connectivity index (χ2n) is 7.80. The summed E-state index contributed by atoms with van der Waals surface area (Å²) in [6, 6.07) is 8.64. The van der Waals surface area contributed by atoms with E-state index in [0.29, 0.717) is 48.3 Å². The Hall–Kier alpha value is -2.84. The standard InChI is InChI=1S/C23H29ClN4O4/c1-15(19-12-18(31-2)5-6-20(19)32-3)26-22(29)14-28-10-8-16(9-11-28)23(30)27-21-7-4-17(24)13-25-21/h4-7,12-13,15-16H,8-11,14H2,1-3H3,(H,26,29)(H,25,27,30). The maximum atomic E-state index is 12.6. The van der Waals surface area contributed by atoms with Crippen LogP contribution in [-0.4, -0.2) is 55.6 Å². The number of anilines is 1. The molecule has 172 valence electrons. The maximum absolute atomic E-state index is 12.6. The zero-order valence-corrected chi connectivity index (χ0v) is 19.3. The van der Waals surface area contributed by atoms with Crippen molar-refractivity contribution in [2.75, 3.05) is 39.2 Å². The predicted molar refractivity (Wildman–Crippen MR) is 123 cm³/mol. The van der Waals surface area contributed by atoms with Crippen LogP contribution in [0.5, 0.6) is 11.5 Å². The number of likely N-dealkylation sites (tertiary alicyclic amines) is 1. The first-order valence-electron chi connectivity index (χ1n) is 10.6. The number of benzene rings is 1. The highest BCUT2D eigenvalue weighted by molar-refractivity contribution is 6.30. The molecule has 2 N–H and O–H groups in total. The summed E-state index contributed by atoms with van der Waals surface area (Å²) in [5.41, 5.74) is 0.853. The van der Waals surface area contributed by atoms with Crippen LogP contribution in [0.1, 0.15) is 31.4 Å². The number of amides is 2. The molecular formula is C23H29ClN4O4. The molecule has 1 aliphatic rings. The molecule has 0 aliphatic carbocycles. The number of hydrogen-bond donors (Lipinski definition) is 2. The van der Waals surface area contributed by atoms with Crippen molar-refractivity contribution in [3.05, 3.63) is 47.1 Å². The van der Waals surface area contributed by atoms with E-state index in [1.54, 1.807) is 26.4 Å². The number of nitrogens with zero attached hydrogens (tertiary/aromatic N) is 2. The zero-order valence-electron chi connectivity index (χ0n) is 18.6. The molecular weight excluding hydrogens is 432 g/mol. The van der Waals surface area contributed by atoms with Gasteiger partial charge in [-0.3, -0.25) is 14.5 Å². The number of hydrogen-bond acceptors (Lipinski definition) is 6. The molecule has 2 heterocycles. The summed E-state index contributed by atoms with van der Waals surface area (Å²) in [7, 11) is 3.20. The molecule has 3 rings (SSSR count). The van der Waals surface area contributed by atoms with Gasteiger partial charge in [0.05, 0.1) is 31.8 Å². The van der Waals surface area contributed by atoms with Gasteiger partial charge in [0.1, 0.15) is 17.3 Å². The Morgan fingerprint density at radius 2 is 1.94 bits per heavy atom. The topological polar surface area (TPSA) is 92.8 Å². The van der Waals surface area contributed by atoms with Crippen LogP contribution in [0.25, 0.3) is 0 Å². The normalized spacial score (nSPS) is 15.6. The van der Waals surface area contributed by atoms with Crippen molar-refractivity contribution in [3.63, 3.8) is 0 Å². The van der Waals surface area contributed by atoms with Gasteiger partial charge < -0.3 is 20.1 Å². The average molecular weight is 461 g/mol. The van der Waals surface area contributed by atoms with Crippen LogP contribution >= 0.6 is 11.6 Å². The van der Waals surface area contributed by atoms with Crippen LogP contribution in [0, 0.1) is 5.92 Å². The molecule has 0 spiro atoms. The van der Waals surface area contributed by atoms with E-state index in [1.165, 1.54) is 6.20 Å². The SMILES string of the molecule is COc1ccc(OC)c(C(C)NC(=O)CN2CCC(C(=O)Nc3ccc(Cl)cn3)CC2)c1. The Morgan fingerprint density at radius 1 is 1.19 bits per heavy atom. The number of halogens is 1. The zero-order chi connectivity index (χ0) is 23.1. The van der Waals surface area contributed by atoms with Gasteiger partial charge in [0.15, 0.2) is 0 Å². The second kappa shape index (κ2) is 11.2. The molecule has 1 aliphatic heterocycles. The van der Waals surface area contributed by atoms with E-state index in [0.717, 1.165) is 5.56 Å². The Morgan fingerprint density at radius 3 is 2.56 bits per heavy atom. The van der Waals surface area contributed by atoms with Gasteiger partial charge in [0.2, 0.25) is 11.8 Å². The fraction of sp³-hybridized carbons (Fsp3) is 0.435. The van der Waals surface area contributed by atoms with Crippen molar-refractivity contribution in [2.24, 2.45) is 5.92 Å². The van der Waals surface area contributed by atoms with Crippen LogP contribution in [0.15, 0.2) is 36.5 Å². The van der Waals surface area contributed by atoms with Crippen LogP contribution < -0.4 is 20.1 Å². The van der Waals surface area contributed by atoms with E-state index in [4.69, 9.17) is 21.1 Å². The smallest absolute Gasteiger partial charge is 0.234 e. The second-order valence-corrected chi connectivity index (χ2v) is 8.23. The highest BCUT2D eigenvalue weighted by Gasteiger charge is 2.26. The molecule has 0 saturated carbocycles. The molecule has 0 radical (unpaired) electrons. The summed E-state index contributed by atoms with van der Waals surface area (Å²) >= 11 is 5.82. The molecule has 8 nitrogen and oxygen atoms in total. The van der Waals surface area contributed by atoms with E-state index < -0.39 is 0 Å². The molecule has 2 amide bonds. The third-order valence-electron chi connectivity index (χ3n) is 5.59. The van der Waals surface area contributed by atoms with Gasteiger partial charge in [-0.15, -0.1) is 0 Å². The first-order chi connectivity index (χ1) is 15.4. The van der Waals surface area contributed by atoms with Crippen LogP contribution in [0.3, 0.4) is 0 Å². The van der Waals surface area contributed by atoms with E-state index in [-0.39, 0.29) is 30.3 Å². The molecule has 1 aromatic carbocycles. The van der Waals surface area contributed by atoms with Crippen molar-refractivity contribution >= 4 is 29.2 Å².